The third-order valence-electron chi connectivity index (χ3n) is 4.90. The molecule has 37 heavy (non-hydrogen) atoms. The second-order valence-electron chi connectivity index (χ2n) is 8.20. The fraction of sp³-hybridized carbons (Fsp3) is 0.947. The van der Waals surface area contributed by atoms with Gasteiger partial charge < -0.3 is 71.1 Å². The van der Waals surface area contributed by atoms with Crippen LogP contribution in [0.15, 0.2) is 0 Å². The van der Waals surface area contributed by atoms with E-state index in [4.69, 9.17) is 71.1 Å². The summed E-state index contributed by atoms with van der Waals surface area (Å²) in [5.41, 5.74) is -2.32. The number of thiol groups is 3. The summed E-state index contributed by atoms with van der Waals surface area (Å²) in [6, 6.07) is 0. The number of carboxylic acid groups (broad SMARTS) is 1. The molecule has 0 heterocycles. The zero-order chi connectivity index (χ0) is 29.9. The number of ether oxygens (including phenoxy) is 1. The topological polar surface area (TPSA) is 289 Å². The van der Waals surface area contributed by atoms with Crippen LogP contribution < -0.4 is 0 Å². The number of aliphatic hydroxyl groups excluding tert-OH is 12. The first-order chi connectivity index (χ1) is 17.1. The smallest absolute Gasteiger partial charge is 0.330 e. The van der Waals surface area contributed by atoms with Crippen molar-refractivity contribution < 1.29 is 75.9 Å². The van der Waals surface area contributed by atoms with Crippen molar-refractivity contribution in [2.75, 3.05) is 71.8 Å². The van der Waals surface area contributed by atoms with Gasteiger partial charge >= 0.3 is 5.97 Å². The lowest BCUT2D eigenvalue weighted by molar-refractivity contribution is -0.136. The maximum Gasteiger partial charge on any atom is 0.330 e. The van der Waals surface area contributed by atoms with Gasteiger partial charge in [0.2, 0.25) is 0 Å². The normalized spacial score (nSPS) is 15.4. The summed E-state index contributed by atoms with van der Waals surface area (Å²) in [5.74, 6) is -0.965. The van der Waals surface area contributed by atoms with E-state index in [0.717, 1.165) is 0 Å². The molecule has 0 aliphatic rings. The van der Waals surface area contributed by atoms with E-state index in [-0.39, 0.29) is 19.0 Å². The van der Waals surface area contributed by atoms with E-state index >= 15 is 0 Å². The minimum absolute atomic E-state index is 0.106. The van der Waals surface area contributed by atoms with Gasteiger partial charge in [-0.2, -0.15) is 12.6 Å². The van der Waals surface area contributed by atoms with Crippen molar-refractivity contribution in [3.05, 3.63) is 0 Å². The Kier molecular flexibility index (Phi) is 24.4. The van der Waals surface area contributed by atoms with Gasteiger partial charge in [-0.05, 0) is 0 Å². The average molecular weight is 607 g/mol. The van der Waals surface area contributed by atoms with Crippen LogP contribution in [-0.2, 0) is 9.53 Å². The Morgan fingerprint density at radius 1 is 0.649 bits per heavy atom. The largest absolute Gasteiger partial charge is 0.480 e. The molecule has 0 radical (unpaired) electrons. The second kappa shape index (κ2) is 21.8. The quantitative estimate of drug-likeness (QED) is 0.0541. The first-order valence-electron chi connectivity index (χ1n) is 10.6. The van der Waals surface area contributed by atoms with Crippen LogP contribution in [0.1, 0.15) is 0 Å². The number of aliphatic hydroxyl groups is 12. The van der Waals surface area contributed by atoms with Crippen LogP contribution in [0.2, 0.25) is 0 Å². The standard InChI is InChI=1S/C10H22O7.C6H14O6.C3H6O2S3/c11-1-9(2-12,3-13)7-17-8-10(4-14,5-15)6-16;7-1-3(9)5(11)6(12)4(10)2-8;4-2(5)3(7,8)1-6/h11-16H,1-8H2;3-12H,1-2H2;6-8H,1H2,(H,4,5)/t;3-,4+,5-,6-;/m.1./s1. The van der Waals surface area contributed by atoms with Crippen molar-refractivity contribution in [2.24, 2.45) is 10.8 Å². The van der Waals surface area contributed by atoms with Crippen LogP contribution in [-0.4, -0.2) is 173 Å². The number of carbonyl (C=O) groups is 1. The minimum atomic E-state index is -1.67. The monoisotopic (exact) mass is 606 g/mol. The Balaban J connectivity index is -0.000000504. The van der Waals surface area contributed by atoms with Crippen LogP contribution in [0, 0.1) is 10.8 Å². The van der Waals surface area contributed by atoms with Crippen LogP contribution >= 0.6 is 37.9 Å². The van der Waals surface area contributed by atoms with Gasteiger partial charge in [-0.25, -0.2) is 4.79 Å². The van der Waals surface area contributed by atoms with Crippen molar-refractivity contribution in [2.45, 2.75) is 28.5 Å². The Morgan fingerprint density at radius 2 is 0.919 bits per heavy atom. The van der Waals surface area contributed by atoms with Gasteiger partial charge in [0.05, 0.1) is 76.9 Å². The molecule has 0 saturated heterocycles. The zero-order valence-corrected chi connectivity index (χ0v) is 22.7. The molecule has 0 spiro atoms. The molecule has 0 fully saturated rings. The van der Waals surface area contributed by atoms with Crippen LogP contribution in [0.4, 0.5) is 0 Å². The molecule has 0 amide bonds. The lowest BCUT2D eigenvalue weighted by atomic mass is 9.91. The van der Waals surface area contributed by atoms with Crippen molar-refractivity contribution in [3.63, 3.8) is 0 Å². The fourth-order valence-electron chi connectivity index (χ4n) is 1.80. The Labute approximate surface area is 230 Å². The Hall–Kier alpha value is -0.0000000000000000139. The van der Waals surface area contributed by atoms with E-state index in [2.05, 4.69) is 37.9 Å². The molecule has 0 saturated carbocycles. The van der Waals surface area contributed by atoms with Gasteiger partial charge in [-0.3, -0.25) is 0 Å². The predicted molar refractivity (Wildman–Crippen MR) is 139 cm³/mol. The maximum atomic E-state index is 10.1. The van der Waals surface area contributed by atoms with Gasteiger partial charge in [0.15, 0.2) is 4.08 Å². The SMILES string of the molecule is O=C(O)C(S)(S)CS.OCC(CO)(CO)COCC(CO)(CO)CO.OC[C@@H](O)[C@@H](O)[C@H](O)[C@@H](O)CO. The van der Waals surface area contributed by atoms with E-state index in [0.29, 0.717) is 0 Å². The zero-order valence-electron chi connectivity index (χ0n) is 20.1. The third-order valence-corrected chi connectivity index (χ3v) is 6.58. The van der Waals surface area contributed by atoms with E-state index in [1.807, 2.05) is 0 Å². The molecule has 15 nitrogen and oxygen atoms in total. The number of carboxylic acids is 1. The van der Waals surface area contributed by atoms with Crippen molar-refractivity contribution in [1.29, 1.82) is 0 Å². The highest BCUT2D eigenvalue weighted by Crippen LogP contribution is 2.21. The molecule has 0 aromatic carbocycles. The van der Waals surface area contributed by atoms with Gasteiger partial charge in [0.25, 0.3) is 0 Å². The summed E-state index contributed by atoms with van der Waals surface area (Å²) in [6.45, 7) is -4.46. The molecular weight excluding hydrogens is 564 g/mol. The van der Waals surface area contributed by atoms with Crippen molar-refractivity contribution in [1.82, 2.24) is 0 Å². The molecule has 18 heteroatoms. The Morgan fingerprint density at radius 3 is 1.05 bits per heavy atom. The first-order valence-corrected chi connectivity index (χ1v) is 12.1. The van der Waals surface area contributed by atoms with E-state index in [9.17, 15) is 4.79 Å². The van der Waals surface area contributed by atoms with E-state index in [1.54, 1.807) is 0 Å². The van der Waals surface area contributed by atoms with Crippen LogP contribution in [0.25, 0.3) is 0 Å². The molecule has 0 bridgehead atoms. The summed E-state index contributed by atoms with van der Waals surface area (Å²) in [7, 11) is 0. The molecule has 0 unspecified atom stereocenters. The predicted octanol–water partition coefficient (Wildman–Crippen LogP) is -6.10. The summed E-state index contributed by atoms with van der Waals surface area (Å²) >= 11 is 11.0. The van der Waals surface area contributed by atoms with Gasteiger partial charge in [0, 0.05) is 5.75 Å². The van der Waals surface area contributed by atoms with Gasteiger partial charge in [-0.15, -0.1) is 25.3 Å². The summed E-state index contributed by atoms with van der Waals surface area (Å²) in [4.78, 5) is 10.1. The number of hydrogen-bond acceptors (Lipinski definition) is 17. The van der Waals surface area contributed by atoms with E-state index < -0.39 is 98.1 Å². The lowest BCUT2D eigenvalue weighted by Gasteiger charge is -2.31. The van der Waals surface area contributed by atoms with Crippen LogP contribution in [0.3, 0.4) is 0 Å². The highest BCUT2D eigenvalue weighted by molar-refractivity contribution is 8.03. The maximum absolute atomic E-state index is 10.1. The third kappa shape index (κ3) is 16.0. The first kappa shape index (κ1) is 41.5. The number of aliphatic carboxylic acids is 1. The molecule has 13 N–H and O–H groups in total. The molecule has 226 valence electrons. The minimum Gasteiger partial charge on any atom is -0.480 e. The van der Waals surface area contributed by atoms with Crippen LogP contribution in [0.5, 0.6) is 0 Å². The summed E-state index contributed by atoms with van der Waals surface area (Å²) in [6.07, 6.45) is -6.39. The molecule has 0 aliphatic carbocycles. The highest BCUT2D eigenvalue weighted by Gasteiger charge is 2.33. The van der Waals surface area contributed by atoms with Gasteiger partial charge in [0.1, 0.15) is 24.4 Å². The molecule has 0 aromatic heterocycles. The lowest BCUT2D eigenvalue weighted by Crippen LogP contribution is -2.46. The summed E-state index contributed by atoms with van der Waals surface area (Å²) < 4.78 is 3.86. The second-order valence-corrected chi connectivity index (χ2v) is 10.4. The summed E-state index contributed by atoms with van der Waals surface area (Å²) in [5, 5.41) is 115. The number of hydrogen-bond donors (Lipinski definition) is 16. The fourth-order valence-corrected chi connectivity index (χ4v) is 1.93. The number of rotatable bonds is 17. The van der Waals surface area contributed by atoms with Crippen molar-refractivity contribution in [3.8, 4) is 0 Å². The van der Waals surface area contributed by atoms with E-state index in [1.165, 1.54) is 0 Å². The molecule has 0 aromatic rings. The average Bonchev–Trinajstić information content (AvgIpc) is 2.92. The molecule has 0 rings (SSSR count). The molecular formula is C19H42O15S3. The molecule has 0 aliphatic heterocycles. The molecule has 4 atom stereocenters. The van der Waals surface area contributed by atoms with Crippen molar-refractivity contribution >= 4 is 43.9 Å². The van der Waals surface area contributed by atoms with Gasteiger partial charge in [-0.1, -0.05) is 0 Å². The Bertz CT molecular complexity index is 514. The highest BCUT2D eigenvalue weighted by atomic mass is 32.2.